The standard InChI is InChI=1S/C15H26N4O2/c1-10-12(13(16)19(3)18-10)14(21)17-15(2,9-20)11-7-5-4-6-8-11/h11,20H,4-9,16H2,1-3H3,(H,17,21). The minimum atomic E-state index is -0.605. The van der Waals surface area contributed by atoms with Gasteiger partial charge in [0.05, 0.1) is 17.8 Å². The number of rotatable bonds is 4. The van der Waals surface area contributed by atoms with Crippen LogP contribution >= 0.6 is 0 Å². The third kappa shape index (κ3) is 3.05. The van der Waals surface area contributed by atoms with Crippen molar-refractivity contribution in [2.75, 3.05) is 12.3 Å². The van der Waals surface area contributed by atoms with Crippen molar-refractivity contribution in [2.24, 2.45) is 13.0 Å². The summed E-state index contributed by atoms with van der Waals surface area (Å²) < 4.78 is 1.50. The molecule has 1 aliphatic rings. The van der Waals surface area contributed by atoms with Crippen LogP contribution in [-0.4, -0.2) is 32.9 Å². The molecular weight excluding hydrogens is 268 g/mol. The van der Waals surface area contributed by atoms with Crippen molar-refractivity contribution in [1.29, 1.82) is 0 Å². The lowest BCUT2D eigenvalue weighted by molar-refractivity contribution is 0.0680. The van der Waals surface area contributed by atoms with Gasteiger partial charge in [-0.25, -0.2) is 0 Å². The fourth-order valence-corrected chi connectivity index (χ4v) is 3.29. The third-order valence-electron chi connectivity index (χ3n) is 4.73. The zero-order valence-corrected chi connectivity index (χ0v) is 13.1. The number of anilines is 1. The van der Waals surface area contributed by atoms with Gasteiger partial charge >= 0.3 is 0 Å². The Labute approximate surface area is 125 Å². The van der Waals surface area contributed by atoms with E-state index in [9.17, 15) is 9.90 Å². The van der Waals surface area contributed by atoms with Crippen LogP contribution in [0.15, 0.2) is 0 Å². The molecule has 1 fully saturated rings. The van der Waals surface area contributed by atoms with Gasteiger partial charge in [0.25, 0.3) is 5.91 Å². The maximum Gasteiger partial charge on any atom is 0.257 e. The lowest BCUT2D eigenvalue weighted by atomic mass is 9.76. The van der Waals surface area contributed by atoms with Crippen molar-refractivity contribution >= 4 is 11.7 Å². The number of nitrogens with zero attached hydrogens (tertiary/aromatic N) is 2. The van der Waals surface area contributed by atoms with Crippen LogP contribution in [0.3, 0.4) is 0 Å². The number of hydrogen-bond acceptors (Lipinski definition) is 4. The van der Waals surface area contributed by atoms with E-state index < -0.39 is 5.54 Å². The topological polar surface area (TPSA) is 93.2 Å². The number of amides is 1. The monoisotopic (exact) mass is 294 g/mol. The molecule has 0 radical (unpaired) electrons. The molecule has 1 amide bonds. The van der Waals surface area contributed by atoms with E-state index >= 15 is 0 Å². The number of nitrogens with two attached hydrogens (primary N) is 1. The molecule has 0 aliphatic heterocycles. The molecule has 1 unspecified atom stereocenters. The van der Waals surface area contributed by atoms with E-state index in [2.05, 4.69) is 10.4 Å². The first-order chi connectivity index (χ1) is 9.89. The zero-order chi connectivity index (χ0) is 15.6. The Kier molecular flexibility index (Phi) is 4.56. The molecule has 1 aromatic rings. The van der Waals surface area contributed by atoms with Crippen LogP contribution in [0.4, 0.5) is 5.82 Å². The highest BCUT2D eigenvalue weighted by molar-refractivity contribution is 6.00. The van der Waals surface area contributed by atoms with E-state index in [0.29, 0.717) is 23.0 Å². The van der Waals surface area contributed by atoms with Gasteiger partial charge in [0.2, 0.25) is 0 Å². The number of hydrogen-bond donors (Lipinski definition) is 3. The first-order valence-electron chi connectivity index (χ1n) is 7.61. The Hall–Kier alpha value is -1.56. The molecule has 1 heterocycles. The minimum absolute atomic E-state index is 0.0668. The maximum atomic E-state index is 12.6. The summed E-state index contributed by atoms with van der Waals surface area (Å²) in [5.41, 5.74) is 6.33. The van der Waals surface area contributed by atoms with Crippen molar-refractivity contribution in [3.63, 3.8) is 0 Å². The summed E-state index contributed by atoms with van der Waals surface area (Å²) in [6, 6.07) is 0. The summed E-state index contributed by atoms with van der Waals surface area (Å²) in [7, 11) is 1.71. The van der Waals surface area contributed by atoms with E-state index in [4.69, 9.17) is 5.73 Å². The van der Waals surface area contributed by atoms with Crippen LogP contribution in [-0.2, 0) is 7.05 Å². The van der Waals surface area contributed by atoms with Crippen LogP contribution in [0.2, 0.25) is 0 Å². The van der Waals surface area contributed by atoms with Crippen molar-refractivity contribution < 1.29 is 9.90 Å². The predicted molar refractivity (Wildman–Crippen MR) is 81.9 cm³/mol. The van der Waals surface area contributed by atoms with Gasteiger partial charge in [-0.3, -0.25) is 9.48 Å². The quantitative estimate of drug-likeness (QED) is 0.782. The lowest BCUT2D eigenvalue weighted by Crippen LogP contribution is -2.54. The lowest BCUT2D eigenvalue weighted by Gasteiger charge is -2.39. The molecule has 6 heteroatoms. The molecule has 4 N–H and O–H groups in total. The van der Waals surface area contributed by atoms with E-state index in [0.717, 1.165) is 25.7 Å². The molecule has 0 aromatic carbocycles. The summed E-state index contributed by atoms with van der Waals surface area (Å²) >= 11 is 0. The minimum Gasteiger partial charge on any atom is -0.394 e. The second kappa shape index (κ2) is 6.05. The SMILES string of the molecule is Cc1nn(C)c(N)c1C(=O)NC(C)(CO)C1CCCCC1. The third-order valence-corrected chi connectivity index (χ3v) is 4.73. The first kappa shape index (κ1) is 15.8. The number of nitrogen functional groups attached to an aromatic ring is 1. The smallest absolute Gasteiger partial charge is 0.257 e. The molecule has 1 atom stereocenters. The average molecular weight is 294 g/mol. The average Bonchev–Trinajstić information content (AvgIpc) is 2.73. The number of nitrogens with one attached hydrogen (secondary N) is 1. The summed E-state index contributed by atoms with van der Waals surface area (Å²) in [4.78, 5) is 12.6. The maximum absolute atomic E-state index is 12.6. The van der Waals surface area contributed by atoms with Crippen molar-refractivity contribution in [2.45, 2.75) is 51.5 Å². The van der Waals surface area contributed by atoms with Crippen LogP contribution in [0.25, 0.3) is 0 Å². The summed E-state index contributed by atoms with van der Waals surface area (Å²) in [5, 5.41) is 17.0. The number of aliphatic hydroxyl groups excluding tert-OH is 1. The highest BCUT2D eigenvalue weighted by Gasteiger charge is 2.37. The summed E-state index contributed by atoms with van der Waals surface area (Å²) in [5.74, 6) is 0.410. The summed E-state index contributed by atoms with van der Waals surface area (Å²) in [6.07, 6.45) is 5.63. The van der Waals surface area contributed by atoms with Gasteiger partial charge in [-0.2, -0.15) is 5.10 Å². The molecular formula is C15H26N4O2. The molecule has 1 aliphatic carbocycles. The number of carbonyl (C=O) groups is 1. The molecule has 2 rings (SSSR count). The second-order valence-electron chi connectivity index (χ2n) is 6.33. The van der Waals surface area contributed by atoms with Gasteiger partial charge in [-0.15, -0.1) is 0 Å². The van der Waals surface area contributed by atoms with E-state index in [-0.39, 0.29) is 12.5 Å². The molecule has 0 spiro atoms. The Balaban J connectivity index is 2.19. The molecule has 0 saturated heterocycles. The van der Waals surface area contributed by atoms with Gasteiger partial charge in [-0.1, -0.05) is 19.3 Å². The van der Waals surface area contributed by atoms with Gasteiger partial charge < -0.3 is 16.2 Å². The second-order valence-corrected chi connectivity index (χ2v) is 6.33. The number of carbonyl (C=O) groups excluding carboxylic acids is 1. The van der Waals surface area contributed by atoms with Crippen molar-refractivity contribution in [3.05, 3.63) is 11.3 Å². The Morgan fingerprint density at radius 2 is 2.10 bits per heavy atom. The number of aromatic nitrogens is 2. The largest absolute Gasteiger partial charge is 0.394 e. The van der Waals surface area contributed by atoms with E-state index in [1.807, 2.05) is 6.92 Å². The van der Waals surface area contributed by atoms with Crippen LogP contribution in [0.1, 0.15) is 55.1 Å². The van der Waals surface area contributed by atoms with Crippen LogP contribution in [0.5, 0.6) is 0 Å². The predicted octanol–water partition coefficient (Wildman–Crippen LogP) is 1.37. The van der Waals surface area contributed by atoms with E-state index in [1.165, 1.54) is 11.1 Å². The molecule has 6 nitrogen and oxygen atoms in total. The van der Waals surface area contributed by atoms with Crippen LogP contribution in [0, 0.1) is 12.8 Å². The van der Waals surface area contributed by atoms with Crippen molar-refractivity contribution in [1.82, 2.24) is 15.1 Å². The van der Waals surface area contributed by atoms with Gasteiger partial charge in [-0.05, 0) is 32.6 Å². The Bertz CT molecular complexity index is 520. The number of aliphatic hydroxyl groups is 1. The van der Waals surface area contributed by atoms with Crippen LogP contribution < -0.4 is 11.1 Å². The highest BCUT2D eigenvalue weighted by atomic mass is 16.3. The zero-order valence-electron chi connectivity index (χ0n) is 13.1. The molecule has 1 saturated carbocycles. The van der Waals surface area contributed by atoms with Crippen molar-refractivity contribution in [3.8, 4) is 0 Å². The first-order valence-corrected chi connectivity index (χ1v) is 7.61. The normalized spacial score (nSPS) is 19.2. The summed E-state index contributed by atoms with van der Waals surface area (Å²) in [6.45, 7) is 3.62. The van der Waals surface area contributed by atoms with E-state index in [1.54, 1.807) is 14.0 Å². The molecule has 21 heavy (non-hydrogen) atoms. The molecule has 1 aromatic heterocycles. The molecule has 0 bridgehead atoms. The van der Waals surface area contributed by atoms with Gasteiger partial charge in [0.1, 0.15) is 11.4 Å². The van der Waals surface area contributed by atoms with Gasteiger partial charge in [0.15, 0.2) is 0 Å². The Morgan fingerprint density at radius 1 is 1.48 bits per heavy atom. The van der Waals surface area contributed by atoms with Gasteiger partial charge in [0, 0.05) is 7.05 Å². The fraction of sp³-hybridized carbons (Fsp3) is 0.733. The Morgan fingerprint density at radius 3 is 2.57 bits per heavy atom. The molecule has 118 valence electrons. The fourth-order valence-electron chi connectivity index (χ4n) is 3.29. The highest BCUT2D eigenvalue weighted by Crippen LogP contribution is 2.33. The number of aryl methyl sites for hydroxylation is 2.